The summed E-state index contributed by atoms with van der Waals surface area (Å²) in [5.74, 6) is 0.792. The van der Waals surface area contributed by atoms with E-state index in [9.17, 15) is 5.11 Å². The van der Waals surface area contributed by atoms with E-state index in [2.05, 4.69) is 12.0 Å². The summed E-state index contributed by atoms with van der Waals surface area (Å²) in [4.78, 5) is 0. The van der Waals surface area contributed by atoms with E-state index in [4.69, 9.17) is 5.73 Å². The summed E-state index contributed by atoms with van der Waals surface area (Å²) in [5.41, 5.74) is 8.56. The molecule has 2 aromatic rings. The Bertz CT molecular complexity index is 517. The van der Waals surface area contributed by atoms with Gasteiger partial charge >= 0.3 is 0 Å². The van der Waals surface area contributed by atoms with Crippen molar-refractivity contribution in [2.75, 3.05) is 5.73 Å². The van der Waals surface area contributed by atoms with Gasteiger partial charge in [0.15, 0.2) is 0 Å². The van der Waals surface area contributed by atoms with Crippen LogP contribution in [0, 0.1) is 0 Å². The highest BCUT2D eigenvalue weighted by molar-refractivity contribution is 5.78. The fraction of sp³-hybridized carbons (Fsp3) is 0.250. The molecule has 0 bridgehead atoms. The summed E-state index contributed by atoms with van der Waals surface area (Å²) in [6.45, 7) is 2.07. The predicted molar refractivity (Wildman–Crippen MR) is 64.1 cm³/mol. The number of hydrogen-bond donors (Lipinski definition) is 2. The summed E-state index contributed by atoms with van der Waals surface area (Å²) >= 11 is 0. The zero-order valence-corrected chi connectivity index (χ0v) is 9.44. The van der Waals surface area contributed by atoms with Gasteiger partial charge in [-0.2, -0.15) is 5.10 Å². The van der Waals surface area contributed by atoms with Gasteiger partial charge in [-0.05, 0) is 24.1 Å². The number of nitrogen functional groups attached to an aromatic ring is 1. The lowest BCUT2D eigenvalue weighted by molar-refractivity contribution is 0.477. The highest BCUT2D eigenvalue weighted by Crippen LogP contribution is 2.33. The van der Waals surface area contributed by atoms with Gasteiger partial charge in [-0.15, -0.1) is 0 Å². The Labute approximate surface area is 94.3 Å². The standard InChI is InChI=1S/C12H15N3O/c1-3-8-4-5-11(16)9(6-8)10-7-14-15(2)12(10)13/h4-7,16H,3,13H2,1-2H3. The van der Waals surface area contributed by atoms with Crippen molar-refractivity contribution in [3.8, 4) is 16.9 Å². The molecule has 0 aliphatic heterocycles. The van der Waals surface area contributed by atoms with Crippen molar-refractivity contribution in [3.63, 3.8) is 0 Å². The lowest BCUT2D eigenvalue weighted by atomic mass is 10.0. The number of aryl methyl sites for hydroxylation is 2. The maximum Gasteiger partial charge on any atom is 0.129 e. The molecule has 84 valence electrons. The Morgan fingerprint density at radius 1 is 1.38 bits per heavy atom. The third-order valence-corrected chi connectivity index (χ3v) is 2.74. The molecule has 0 aliphatic carbocycles. The second kappa shape index (κ2) is 3.89. The summed E-state index contributed by atoms with van der Waals surface area (Å²) in [7, 11) is 1.78. The number of phenols is 1. The van der Waals surface area contributed by atoms with Crippen molar-refractivity contribution in [3.05, 3.63) is 30.0 Å². The number of anilines is 1. The minimum atomic E-state index is 0.233. The molecule has 0 aliphatic rings. The van der Waals surface area contributed by atoms with Crippen LogP contribution in [0.4, 0.5) is 5.82 Å². The van der Waals surface area contributed by atoms with Crippen LogP contribution in [0.5, 0.6) is 5.75 Å². The predicted octanol–water partition coefficient (Wildman–Crippen LogP) is 1.94. The van der Waals surface area contributed by atoms with Crippen LogP contribution in [-0.2, 0) is 13.5 Å². The van der Waals surface area contributed by atoms with Crippen LogP contribution in [0.1, 0.15) is 12.5 Å². The number of nitrogens with zero attached hydrogens (tertiary/aromatic N) is 2. The fourth-order valence-electron chi connectivity index (χ4n) is 1.67. The van der Waals surface area contributed by atoms with E-state index < -0.39 is 0 Å². The number of aromatic hydroxyl groups is 1. The van der Waals surface area contributed by atoms with Gasteiger partial charge in [0.1, 0.15) is 11.6 Å². The van der Waals surface area contributed by atoms with E-state index in [-0.39, 0.29) is 5.75 Å². The monoisotopic (exact) mass is 217 g/mol. The molecule has 0 spiro atoms. The van der Waals surface area contributed by atoms with E-state index in [0.717, 1.165) is 23.1 Å². The zero-order chi connectivity index (χ0) is 11.7. The van der Waals surface area contributed by atoms with Crippen LogP contribution in [0.15, 0.2) is 24.4 Å². The second-order valence-electron chi connectivity index (χ2n) is 3.77. The van der Waals surface area contributed by atoms with Crippen LogP contribution in [0.2, 0.25) is 0 Å². The molecular formula is C12H15N3O. The molecule has 2 rings (SSSR count). The number of phenolic OH excluding ortho intramolecular Hbond substituents is 1. The molecule has 16 heavy (non-hydrogen) atoms. The SMILES string of the molecule is CCc1ccc(O)c(-c2cnn(C)c2N)c1. The van der Waals surface area contributed by atoms with Gasteiger partial charge in [0.2, 0.25) is 0 Å². The van der Waals surface area contributed by atoms with Crippen molar-refractivity contribution in [2.45, 2.75) is 13.3 Å². The molecule has 0 amide bonds. The van der Waals surface area contributed by atoms with Crippen molar-refractivity contribution < 1.29 is 5.11 Å². The number of nitrogens with two attached hydrogens (primary N) is 1. The van der Waals surface area contributed by atoms with Gasteiger partial charge < -0.3 is 10.8 Å². The summed E-state index contributed by atoms with van der Waals surface area (Å²) in [6.07, 6.45) is 2.59. The van der Waals surface area contributed by atoms with Gasteiger partial charge in [0.25, 0.3) is 0 Å². The van der Waals surface area contributed by atoms with Gasteiger partial charge in [-0.3, -0.25) is 4.68 Å². The summed E-state index contributed by atoms with van der Waals surface area (Å²) < 4.78 is 1.59. The second-order valence-corrected chi connectivity index (χ2v) is 3.77. The average Bonchev–Trinajstić information content (AvgIpc) is 2.61. The van der Waals surface area contributed by atoms with E-state index in [1.54, 1.807) is 24.0 Å². The molecule has 0 fully saturated rings. The first kappa shape index (κ1) is 10.5. The highest BCUT2D eigenvalue weighted by atomic mass is 16.3. The van der Waals surface area contributed by atoms with Gasteiger partial charge in [-0.25, -0.2) is 0 Å². The van der Waals surface area contributed by atoms with Crippen LogP contribution in [0.25, 0.3) is 11.1 Å². The first-order valence-corrected chi connectivity index (χ1v) is 5.23. The lowest BCUT2D eigenvalue weighted by Crippen LogP contribution is -1.98. The van der Waals surface area contributed by atoms with Crippen LogP contribution < -0.4 is 5.73 Å². The van der Waals surface area contributed by atoms with Crippen LogP contribution in [0.3, 0.4) is 0 Å². The normalized spacial score (nSPS) is 10.6. The third kappa shape index (κ3) is 1.62. The number of rotatable bonds is 2. The largest absolute Gasteiger partial charge is 0.507 e. The first-order chi connectivity index (χ1) is 7.63. The molecule has 1 aromatic heterocycles. The highest BCUT2D eigenvalue weighted by Gasteiger charge is 2.11. The Morgan fingerprint density at radius 3 is 2.69 bits per heavy atom. The summed E-state index contributed by atoms with van der Waals surface area (Å²) in [5, 5.41) is 13.9. The third-order valence-electron chi connectivity index (χ3n) is 2.74. The quantitative estimate of drug-likeness (QED) is 0.808. The van der Waals surface area contributed by atoms with Crippen molar-refractivity contribution in [1.29, 1.82) is 0 Å². The maximum atomic E-state index is 9.83. The van der Waals surface area contributed by atoms with Gasteiger partial charge in [0.05, 0.1) is 6.20 Å². The van der Waals surface area contributed by atoms with E-state index >= 15 is 0 Å². The topological polar surface area (TPSA) is 64.1 Å². The molecule has 1 aromatic carbocycles. The number of hydrogen-bond acceptors (Lipinski definition) is 3. The fourth-order valence-corrected chi connectivity index (χ4v) is 1.67. The van der Waals surface area contributed by atoms with Gasteiger partial charge in [-0.1, -0.05) is 13.0 Å². The molecule has 0 atom stereocenters. The average molecular weight is 217 g/mol. The van der Waals surface area contributed by atoms with Gasteiger partial charge in [0, 0.05) is 18.2 Å². The molecule has 3 N–H and O–H groups in total. The van der Waals surface area contributed by atoms with Crippen molar-refractivity contribution in [2.24, 2.45) is 7.05 Å². The Morgan fingerprint density at radius 2 is 2.12 bits per heavy atom. The molecule has 0 saturated carbocycles. The summed E-state index contributed by atoms with van der Waals surface area (Å²) in [6, 6.07) is 5.55. The number of benzene rings is 1. The molecule has 4 heteroatoms. The number of aromatic nitrogens is 2. The molecule has 0 radical (unpaired) electrons. The van der Waals surface area contributed by atoms with Crippen molar-refractivity contribution in [1.82, 2.24) is 9.78 Å². The van der Waals surface area contributed by atoms with E-state index in [1.807, 2.05) is 12.1 Å². The zero-order valence-electron chi connectivity index (χ0n) is 9.44. The molecule has 4 nitrogen and oxygen atoms in total. The molecular weight excluding hydrogens is 202 g/mol. The van der Waals surface area contributed by atoms with Crippen LogP contribution >= 0.6 is 0 Å². The first-order valence-electron chi connectivity index (χ1n) is 5.23. The van der Waals surface area contributed by atoms with Crippen molar-refractivity contribution >= 4 is 5.82 Å². The maximum absolute atomic E-state index is 9.83. The lowest BCUT2D eigenvalue weighted by Gasteiger charge is -2.06. The minimum Gasteiger partial charge on any atom is -0.507 e. The molecule has 0 unspecified atom stereocenters. The Balaban J connectivity index is 2.59. The minimum absolute atomic E-state index is 0.233. The molecule has 1 heterocycles. The van der Waals surface area contributed by atoms with E-state index in [0.29, 0.717) is 5.82 Å². The van der Waals surface area contributed by atoms with E-state index in [1.165, 1.54) is 0 Å². The Hall–Kier alpha value is -1.97. The Kier molecular flexibility index (Phi) is 2.56. The molecule has 0 saturated heterocycles. The van der Waals surface area contributed by atoms with Crippen LogP contribution in [-0.4, -0.2) is 14.9 Å². The smallest absolute Gasteiger partial charge is 0.129 e.